The normalized spacial score (nSPS) is 16.3. The topological polar surface area (TPSA) is 59.0 Å². The zero-order valence-corrected chi connectivity index (χ0v) is 18.1. The van der Waals surface area contributed by atoms with Crippen LogP contribution in [-0.4, -0.2) is 39.1 Å². The summed E-state index contributed by atoms with van der Waals surface area (Å²) in [5, 5.41) is 2.16. The van der Waals surface area contributed by atoms with Gasteiger partial charge in [0.2, 0.25) is 10.0 Å². The molecule has 30 heavy (non-hydrogen) atoms. The molecule has 1 heterocycles. The minimum atomic E-state index is -3.45. The fourth-order valence-corrected chi connectivity index (χ4v) is 5.27. The first-order chi connectivity index (χ1) is 14.5. The van der Waals surface area contributed by atoms with E-state index < -0.39 is 10.0 Å². The number of ether oxygens (including phenoxy) is 1. The van der Waals surface area contributed by atoms with Gasteiger partial charge in [-0.15, -0.1) is 0 Å². The van der Waals surface area contributed by atoms with E-state index in [0.29, 0.717) is 29.6 Å². The molecule has 3 aromatic rings. The molecular formula is C24H26N2O3S. The Balaban J connectivity index is 1.59. The summed E-state index contributed by atoms with van der Waals surface area (Å²) >= 11 is 0. The number of fused-ring (bicyclic) bond motifs is 1. The molecule has 0 radical (unpaired) electrons. The third-order valence-corrected chi connectivity index (χ3v) is 7.62. The zero-order valence-electron chi connectivity index (χ0n) is 17.3. The maximum Gasteiger partial charge on any atom is 0.243 e. The summed E-state index contributed by atoms with van der Waals surface area (Å²) in [5.74, 6) is 1.33. The first kappa shape index (κ1) is 20.6. The second kappa shape index (κ2) is 8.58. The summed E-state index contributed by atoms with van der Waals surface area (Å²) in [5.41, 5.74) is 1.59. The fraction of sp³-hybridized carbons (Fsp3) is 0.292. The largest absolute Gasteiger partial charge is 0.496 e. The zero-order chi connectivity index (χ0) is 21.1. The van der Waals surface area contributed by atoms with Gasteiger partial charge in [-0.3, -0.25) is 4.99 Å². The maximum atomic E-state index is 12.9. The van der Waals surface area contributed by atoms with Crippen LogP contribution in [-0.2, 0) is 10.0 Å². The highest BCUT2D eigenvalue weighted by Crippen LogP contribution is 2.28. The lowest BCUT2D eigenvalue weighted by Crippen LogP contribution is -2.37. The van der Waals surface area contributed by atoms with E-state index in [1.807, 2.05) is 36.4 Å². The van der Waals surface area contributed by atoms with Crippen LogP contribution in [0.3, 0.4) is 0 Å². The predicted molar refractivity (Wildman–Crippen MR) is 121 cm³/mol. The standard InChI is InChI=1S/C24H26N2O3S/c1-18-13-15-26(16-14-18)30(27,28)21-10-8-20(9-11-21)25-17-23-22-6-4-3-5-19(22)7-12-24(23)29-2/h3-12,17-18H,13-16H2,1-2H3. The molecule has 0 aliphatic carbocycles. The van der Waals surface area contributed by atoms with Crippen molar-refractivity contribution in [3.05, 3.63) is 66.2 Å². The van der Waals surface area contributed by atoms with Crippen LogP contribution >= 0.6 is 0 Å². The molecule has 0 aromatic heterocycles. The van der Waals surface area contributed by atoms with Gasteiger partial charge < -0.3 is 4.74 Å². The van der Waals surface area contributed by atoms with Crippen molar-refractivity contribution in [1.29, 1.82) is 0 Å². The van der Waals surface area contributed by atoms with Gasteiger partial charge in [0.25, 0.3) is 0 Å². The summed E-state index contributed by atoms with van der Waals surface area (Å²) in [7, 11) is -1.81. The Bertz CT molecular complexity index is 1160. The van der Waals surface area contributed by atoms with Crippen LogP contribution in [0.25, 0.3) is 10.8 Å². The number of hydrogen-bond acceptors (Lipinski definition) is 4. The van der Waals surface area contributed by atoms with Gasteiger partial charge in [0, 0.05) is 24.9 Å². The van der Waals surface area contributed by atoms with E-state index in [2.05, 4.69) is 11.9 Å². The molecule has 0 bridgehead atoms. The Hall–Kier alpha value is -2.70. The van der Waals surface area contributed by atoms with Gasteiger partial charge in [0.15, 0.2) is 0 Å². The number of sulfonamides is 1. The highest BCUT2D eigenvalue weighted by molar-refractivity contribution is 7.89. The van der Waals surface area contributed by atoms with Crippen LogP contribution in [0.2, 0.25) is 0 Å². The number of piperidine rings is 1. The summed E-state index contributed by atoms with van der Waals surface area (Å²) in [6.45, 7) is 3.34. The summed E-state index contributed by atoms with van der Waals surface area (Å²) < 4.78 is 32.9. The van der Waals surface area contributed by atoms with Crippen molar-refractivity contribution < 1.29 is 13.2 Å². The van der Waals surface area contributed by atoms with Crippen LogP contribution in [0.1, 0.15) is 25.3 Å². The minimum Gasteiger partial charge on any atom is -0.496 e. The molecule has 1 saturated heterocycles. The fourth-order valence-electron chi connectivity index (χ4n) is 3.80. The monoisotopic (exact) mass is 422 g/mol. The Labute approximate surface area is 178 Å². The van der Waals surface area contributed by atoms with E-state index in [-0.39, 0.29) is 0 Å². The molecule has 6 heteroatoms. The first-order valence-electron chi connectivity index (χ1n) is 10.2. The van der Waals surface area contributed by atoms with Crippen LogP contribution < -0.4 is 4.74 Å². The highest BCUT2D eigenvalue weighted by atomic mass is 32.2. The lowest BCUT2D eigenvalue weighted by molar-refractivity contribution is 0.288. The van der Waals surface area contributed by atoms with Crippen molar-refractivity contribution in [2.24, 2.45) is 10.9 Å². The van der Waals surface area contributed by atoms with Crippen molar-refractivity contribution >= 4 is 32.7 Å². The highest BCUT2D eigenvalue weighted by Gasteiger charge is 2.27. The van der Waals surface area contributed by atoms with Crippen molar-refractivity contribution in [3.63, 3.8) is 0 Å². The van der Waals surface area contributed by atoms with Gasteiger partial charge in [-0.1, -0.05) is 37.3 Å². The number of benzene rings is 3. The molecule has 0 saturated carbocycles. The molecule has 0 amide bonds. The third kappa shape index (κ3) is 4.11. The Morgan fingerprint density at radius 1 is 1.00 bits per heavy atom. The van der Waals surface area contributed by atoms with Crippen molar-refractivity contribution in [2.75, 3.05) is 20.2 Å². The van der Waals surface area contributed by atoms with E-state index >= 15 is 0 Å². The number of nitrogens with zero attached hydrogens (tertiary/aromatic N) is 2. The number of rotatable bonds is 5. The SMILES string of the molecule is COc1ccc2ccccc2c1C=Nc1ccc(S(=O)(=O)N2CCC(C)CC2)cc1. The molecule has 0 spiro atoms. The second-order valence-corrected chi connectivity index (χ2v) is 9.68. The third-order valence-electron chi connectivity index (χ3n) is 5.71. The quantitative estimate of drug-likeness (QED) is 0.543. The summed E-state index contributed by atoms with van der Waals surface area (Å²) in [6, 6.07) is 18.8. The summed E-state index contributed by atoms with van der Waals surface area (Å²) in [4.78, 5) is 4.89. The van der Waals surface area contributed by atoms with Crippen molar-refractivity contribution in [1.82, 2.24) is 4.31 Å². The van der Waals surface area contributed by atoms with Gasteiger partial charge >= 0.3 is 0 Å². The Morgan fingerprint density at radius 2 is 1.70 bits per heavy atom. The van der Waals surface area contributed by atoms with Gasteiger partial charge in [-0.25, -0.2) is 8.42 Å². The molecule has 0 N–H and O–H groups in total. The van der Waals surface area contributed by atoms with Crippen molar-refractivity contribution in [2.45, 2.75) is 24.7 Å². The molecule has 4 rings (SSSR count). The smallest absolute Gasteiger partial charge is 0.243 e. The van der Waals surface area contributed by atoms with E-state index in [9.17, 15) is 8.42 Å². The van der Waals surface area contributed by atoms with E-state index in [4.69, 9.17) is 4.74 Å². The van der Waals surface area contributed by atoms with Gasteiger partial charge in [-0.05, 0) is 59.9 Å². The molecule has 3 aromatic carbocycles. The van der Waals surface area contributed by atoms with Gasteiger partial charge in [-0.2, -0.15) is 4.31 Å². The molecule has 1 fully saturated rings. The molecule has 5 nitrogen and oxygen atoms in total. The van der Waals surface area contributed by atoms with Crippen LogP contribution in [0.15, 0.2) is 70.6 Å². The lowest BCUT2D eigenvalue weighted by atomic mass is 10.0. The first-order valence-corrected chi connectivity index (χ1v) is 11.6. The van der Waals surface area contributed by atoms with E-state index in [1.54, 1.807) is 41.9 Å². The van der Waals surface area contributed by atoms with Crippen LogP contribution in [0, 0.1) is 5.92 Å². The van der Waals surface area contributed by atoms with Gasteiger partial charge in [0.05, 0.1) is 17.7 Å². The van der Waals surface area contributed by atoms with Crippen molar-refractivity contribution in [3.8, 4) is 5.75 Å². The Kier molecular flexibility index (Phi) is 5.88. The molecule has 156 valence electrons. The van der Waals surface area contributed by atoms with Gasteiger partial charge in [0.1, 0.15) is 5.75 Å². The van der Waals surface area contributed by atoms with Crippen LogP contribution in [0.5, 0.6) is 5.75 Å². The van der Waals surface area contributed by atoms with E-state index in [1.165, 1.54) is 0 Å². The number of methoxy groups -OCH3 is 1. The summed E-state index contributed by atoms with van der Waals surface area (Å²) in [6.07, 6.45) is 3.60. The van der Waals surface area contributed by atoms with E-state index in [0.717, 1.165) is 34.9 Å². The van der Waals surface area contributed by atoms with Crippen LogP contribution in [0.4, 0.5) is 5.69 Å². The lowest BCUT2D eigenvalue weighted by Gasteiger charge is -2.29. The molecule has 0 atom stereocenters. The second-order valence-electron chi connectivity index (χ2n) is 7.74. The molecule has 1 aliphatic rings. The number of hydrogen-bond donors (Lipinski definition) is 0. The molecule has 1 aliphatic heterocycles. The average molecular weight is 423 g/mol. The predicted octanol–water partition coefficient (Wildman–Crippen LogP) is 5.02. The average Bonchev–Trinajstić information content (AvgIpc) is 2.78. The maximum absolute atomic E-state index is 12.9. The minimum absolute atomic E-state index is 0.318. The molecular weight excluding hydrogens is 396 g/mol. The number of aliphatic imine (C=N–C) groups is 1. The molecule has 0 unspecified atom stereocenters. The Morgan fingerprint density at radius 3 is 2.40 bits per heavy atom.